The normalized spacial score (nSPS) is 15.7. The van der Waals surface area contributed by atoms with Gasteiger partial charge in [0.1, 0.15) is 30.2 Å². The fourth-order valence-corrected chi connectivity index (χ4v) is 4.49. The Bertz CT molecular complexity index is 1240. The van der Waals surface area contributed by atoms with Crippen molar-refractivity contribution in [1.29, 1.82) is 0 Å². The Morgan fingerprint density at radius 3 is 2.75 bits per heavy atom. The van der Waals surface area contributed by atoms with E-state index in [1.54, 1.807) is 25.3 Å². The van der Waals surface area contributed by atoms with E-state index >= 15 is 0 Å². The van der Waals surface area contributed by atoms with E-state index in [1.165, 1.54) is 12.4 Å². The monoisotopic (exact) mass is 558 g/mol. The molecule has 0 saturated carbocycles. The maximum atomic E-state index is 14.4. The van der Waals surface area contributed by atoms with E-state index in [0.717, 1.165) is 38.3 Å². The molecule has 0 atom stereocenters. The van der Waals surface area contributed by atoms with Crippen LogP contribution in [0.2, 0.25) is 0 Å². The molecule has 1 saturated heterocycles. The van der Waals surface area contributed by atoms with E-state index in [2.05, 4.69) is 53.4 Å². The summed E-state index contributed by atoms with van der Waals surface area (Å²) in [6.45, 7) is 6.07. The number of likely N-dealkylation sites (N-methyl/N-ethyl adjacent to an activating group) is 1. The van der Waals surface area contributed by atoms with Gasteiger partial charge in [-0.1, -0.05) is 15.9 Å². The van der Waals surface area contributed by atoms with Crippen molar-refractivity contribution in [1.82, 2.24) is 19.8 Å². The van der Waals surface area contributed by atoms with Gasteiger partial charge in [-0.25, -0.2) is 9.37 Å². The van der Waals surface area contributed by atoms with Crippen LogP contribution in [0.3, 0.4) is 0 Å². The minimum Gasteiger partial charge on any atom is -0.493 e. The first-order chi connectivity index (χ1) is 17.5. The van der Waals surface area contributed by atoms with Gasteiger partial charge in [0.05, 0.1) is 12.8 Å². The molecule has 2 N–H and O–H groups in total. The zero-order valence-corrected chi connectivity index (χ0v) is 21.8. The minimum atomic E-state index is -0.405. The molecule has 2 aliphatic rings. The second-order valence-corrected chi connectivity index (χ2v) is 9.63. The Labute approximate surface area is 217 Å². The van der Waals surface area contributed by atoms with E-state index < -0.39 is 5.82 Å². The first-order valence-corrected chi connectivity index (χ1v) is 12.5. The quantitative estimate of drug-likeness (QED) is 0.436. The predicted octanol–water partition coefficient (Wildman–Crippen LogP) is 4.47. The minimum absolute atomic E-state index is 0.292. The van der Waals surface area contributed by atoms with Gasteiger partial charge in [0.25, 0.3) is 0 Å². The average Bonchev–Trinajstić information content (AvgIpc) is 3.05. The number of methoxy groups -OCH3 is 1. The number of fused-ring (bicyclic) bond motifs is 2. The first-order valence-electron chi connectivity index (χ1n) is 11.7. The van der Waals surface area contributed by atoms with Crippen molar-refractivity contribution in [2.45, 2.75) is 6.54 Å². The molecule has 0 amide bonds. The van der Waals surface area contributed by atoms with Gasteiger partial charge in [0, 0.05) is 55.4 Å². The lowest BCUT2D eigenvalue weighted by atomic mass is 10.1. The number of nitrogens with zero attached hydrogens (tertiary/aromatic N) is 4. The molecule has 3 heterocycles. The van der Waals surface area contributed by atoms with Gasteiger partial charge in [-0.2, -0.15) is 4.98 Å². The third kappa shape index (κ3) is 5.48. The van der Waals surface area contributed by atoms with Crippen LogP contribution in [0, 0.1) is 5.82 Å². The molecule has 190 valence electrons. The average molecular weight is 559 g/mol. The zero-order valence-electron chi connectivity index (χ0n) is 20.2. The summed E-state index contributed by atoms with van der Waals surface area (Å²) in [6.07, 6.45) is 1.37. The maximum absolute atomic E-state index is 14.4. The largest absolute Gasteiger partial charge is 0.493 e. The van der Waals surface area contributed by atoms with E-state index in [1.807, 2.05) is 6.07 Å². The molecular weight excluding hydrogens is 531 g/mol. The van der Waals surface area contributed by atoms with Crippen molar-refractivity contribution < 1.29 is 18.6 Å². The van der Waals surface area contributed by atoms with Crippen molar-refractivity contribution in [3.8, 4) is 23.1 Å². The maximum Gasteiger partial charge on any atom is 0.248 e. The molecule has 0 unspecified atom stereocenters. The second-order valence-electron chi connectivity index (χ2n) is 8.71. The fourth-order valence-electron chi connectivity index (χ4n) is 4.15. The van der Waals surface area contributed by atoms with Gasteiger partial charge in [0.15, 0.2) is 17.3 Å². The molecule has 3 aromatic rings. The van der Waals surface area contributed by atoms with Gasteiger partial charge < -0.3 is 29.7 Å². The third-order valence-corrected chi connectivity index (χ3v) is 6.76. The summed E-state index contributed by atoms with van der Waals surface area (Å²) in [4.78, 5) is 13.3. The lowest BCUT2D eigenvalue weighted by Gasteiger charge is -2.32. The number of hydrogen-bond donors (Lipinski definition) is 2. The van der Waals surface area contributed by atoms with Crippen molar-refractivity contribution in [3.63, 3.8) is 0 Å². The summed E-state index contributed by atoms with van der Waals surface area (Å²) in [5.74, 6) is 2.17. The summed E-state index contributed by atoms with van der Waals surface area (Å²) >= 11 is 3.27. The lowest BCUT2D eigenvalue weighted by molar-refractivity contribution is 0.132. The first kappa shape index (κ1) is 24.5. The van der Waals surface area contributed by atoms with Gasteiger partial charge in [0.2, 0.25) is 5.88 Å². The molecule has 0 radical (unpaired) electrons. The van der Waals surface area contributed by atoms with Crippen LogP contribution >= 0.6 is 15.9 Å². The van der Waals surface area contributed by atoms with Crippen molar-refractivity contribution in [2.75, 3.05) is 64.1 Å². The van der Waals surface area contributed by atoms with Crippen molar-refractivity contribution >= 4 is 33.1 Å². The molecular formula is C25H28BrFN6O3. The Hall–Kier alpha value is -3.15. The smallest absolute Gasteiger partial charge is 0.248 e. The van der Waals surface area contributed by atoms with E-state index in [9.17, 15) is 4.39 Å². The predicted molar refractivity (Wildman–Crippen MR) is 139 cm³/mol. The molecule has 9 nitrogen and oxygen atoms in total. The molecule has 1 fully saturated rings. The Morgan fingerprint density at radius 2 is 1.97 bits per heavy atom. The lowest BCUT2D eigenvalue weighted by Crippen LogP contribution is -2.45. The molecule has 1 aromatic heterocycles. The molecule has 0 bridgehead atoms. The Kier molecular flexibility index (Phi) is 7.40. The van der Waals surface area contributed by atoms with Crippen LogP contribution in [0.25, 0.3) is 0 Å². The summed E-state index contributed by atoms with van der Waals surface area (Å²) in [7, 11) is 3.75. The van der Waals surface area contributed by atoms with E-state index in [0.29, 0.717) is 57.9 Å². The molecule has 5 rings (SSSR count). The Morgan fingerprint density at radius 1 is 1.14 bits per heavy atom. The molecule has 2 aliphatic heterocycles. The summed E-state index contributed by atoms with van der Waals surface area (Å²) in [5, 5.41) is 6.36. The van der Waals surface area contributed by atoms with Crippen LogP contribution in [-0.4, -0.2) is 73.3 Å². The summed E-state index contributed by atoms with van der Waals surface area (Å²) < 4.78 is 32.9. The van der Waals surface area contributed by atoms with Crippen molar-refractivity contribution in [3.05, 3.63) is 52.5 Å². The highest BCUT2D eigenvalue weighted by molar-refractivity contribution is 9.10. The molecule has 0 spiro atoms. The second kappa shape index (κ2) is 10.9. The third-order valence-electron chi connectivity index (χ3n) is 6.27. The Balaban J connectivity index is 1.32. The molecule has 11 heteroatoms. The van der Waals surface area contributed by atoms with Crippen LogP contribution < -0.4 is 24.8 Å². The van der Waals surface area contributed by atoms with Gasteiger partial charge in [-0.05, 0) is 31.3 Å². The van der Waals surface area contributed by atoms with Gasteiger partial charge >= 0.3 is 0 Å². The van der Waals surface area contributed by atoms with E-state index in [4.69, 9.17) is 14.2 Å². The topological polar surface area (TPSA) is 84.0 Å². The van der Waals surface area contributed by atoms with Crippen LogP contribution in [0.5, 0.6) is 23.1 Å². The zero-order chi connectivity index (χ0) is 25.1. The van der Waals surface area contributed by atoms with Crippen LogP contribution in [0.1, 0.15) is 5.56 Å². The highest BCUT2D eigenvalue weighted by Gasteiger charge is 2.23. The van der Waals surface area contributed by atoms with Crippen LogP contribution in [0.4, 0.5) is 21.6 Å². The number of hydrogen-bond acceptors (Lipinski definition) is 9. The number of benzene rings is 2. The van der Waals surface area contributed by atoms with Gasteiger partial charge in [-0.15, -0.1) is 0 Å². The highest BCUT2D eigenvalue weighted by Crippen LogP contribution is 2.42. The number of ether oxygens (including phenoxy) is 3. The number of aromatic nitrogens is 2. The fraction of sp³-hybridized carbons (Fsp3) is 0.360. The number of rotatable bonds is 7. The highest BCUT2D eigenvalue weighted by atomic mass is 79.9. The number of piperazine rings is 1. The van der Waals surface area contributed by atoms with Crippen molar-refractivity contribution in [2.24, 2.45) is 0 Å². The number of nitrogens with one attached hydrogen (secondary N) is 2. The SMILES string of the molecule is COc1cc2c(cc1OCCN1CCN(C)CC1)CNc1c(Nc3ccc(Br)cc3F)ncnc1O2. The number of anilines is 3. The molecule has 2 aromatic carbocycles. The summed E-state index contributed by atoms with van der Waals surface area (Å²) in [6, 6.07) is 8.51. The standard InChI is InChI=1S/C25H28BrFN6O3/c1-32-5-7-33(8-6-32)9-10-35-22-11-16-14-28-23-24(31-19-4-3-17(26)12-18(19)27)29-15-30-25(23)36-20(16)13-21(22)34-2/h3-4,11-13,15,28H,5-10,14H2,1-2H3,(H,29,30,31). The van der Waals surface area contributed by atoms with Crippen LogP contribution in [0.15, 0.2) is 41.1 Å². The van der Waals surface area contributed by atoms with Gasteiger partial charge in [-0.3, -0.25) is 4.90 Å². The molecule has 0 aliphatic carbocycles. The molecule has 36 heavy (non-hydrogen) atoms. The van der Waals surface area contributed by atoms with E-state index in [-0.39, 0.29) is 0 Å². The summed E-state index contributed by atoms with van der Waals surface area (Å²) in [5.41, 5.74) is 1.71. The van der Waals surface area contributed by atoms with Crippen LogP contribution in [-0.2, 0) is 6.54 Å². The number of halogens is 2.